The Bertz CT molecular complexity index is 515. The van der Waals surface area contributed by atoms with E-state index in [-0.39, 0.29) is 17.3 Å². The number of nitro benzene ring substituents is 1. The number of carboxylic acids is 1. The number of nitrogens with zero attached hydrogens (tertiary/aromatic N) is 2. The van der Waals surface area contributed by atoms with Crippen molar-refractivity contribution >= 4 is 17.3 Å². The molecule has 6 nitrogen and oxygen atoms in total. The van der Waals surface area contributed by atoms with Crippen molar-refractivity contribution in [3.05, 3.63) is 33.9 Å². The van der Waals surface area contributed by atoms with Gasteiger partial charge in [0, 0.05) is 18.7 Å². The molecule has 0 unspecified atom stereocenters. The SMILES string of the molecule is C[C@@H]1CCCCN1c1ccc(C(=O)O)cc1[N+](=O)[O-]. The summed E-state index contributed by atoms with van der Waals surface area (Å²) in [5.41, 5.74) is 0.330. The highest BCUT2D eigenvalue weighted by molar-refractivity contribution is 5.89. The molecule has 6 heteroatoms. The van der Waals surface area contributed by atoms with Gasteiger partial charge >= 0.3 is 5.97 Å². The van der Waals surface area contributed by atoms with Gasteiger partial charge in [0.2, 0.25) is 0 Å². The Morgan fingerprint density at radius 2 is 2.21 bits per heavy atom. The van der Waals surface area contributed by atoms with Crippen molar-refractivity contribution in [2.24, 2.45) is 0 Å². The van der Waals surface area contributed by atoms with E-state index in [1.165, 1.54) is 6.07 Å². The normalized spacial score (nSPS) is 19.2. The van der Waals surface area contributed by atoms with Crippen molar-refractivity contribution in [2.45, 2.75) is 32.2 Å². The molecular formula is C13H16N2O4. The molecule has 102 valence electrons. The van der Waals surface area contributed by atoms with Gasteiger partial charge in [-0.15, -0.1) is 0 Å². The molecular weight excluding hydrogens is 248 g/mol. The van der Waals surface area contributed by atoms with E-state index < -0.39 is 10.9 Å². The smallest absolute Gasteiger partial charge is 0.335 e. The first-order valence-corrected chi connectivity index (χ1v) is 6.29. The molecule has 1 aromatic rings. The fourth-order valence-electron chi connectivity index (χ4n) is 2.50. The monoisotopic (exact) mass is 264 g/mol. The van der Waals surface area contributed by atoms with Gasteiger partial charge in [0.05, 0.1) is 10.5 Å². The molecule has 1 fully saturated rings. The Labute approximate surface area is 110 Å². The molecule has 2 rings (SSSR count). The molecule has 1 aliphatic rings. The second-order valence-corrected chi connectivity index (χ2v) is 4.80. The Hall–Kier alpha value is -2.11. The van der Waals surface area contributed by atoms with Gasteiger partial charge < -0.3 is 10.0 Å². The average Bonchev–Trinajstić information content (AvgIpc) is 2.38. The molecule has 0 bridgehead atoms. The predicted octanol–water partition coefficient (Wildman–Crippen LogP) is 2.67. The molecule has 0 aromatic heterocycles. The van der Waals surface area contributed by atoms with Crippen molar-refractivity contribution in [1.82, 2.24) is 0 Å². The van der Waals surface area contributed by atoms with Crippen LogP contribution < -0.4 is 4.90 Å². The lowest BCUT2D eigenvalue weighted by molar-refractivity contribution is -0.384. The van der Waals surface area contributed by atoms with Crippen LogP contribution in [0.3, 0.4) is 0 Å². The first kappa shape index (κ1) is 13.3. The third-order valence-electron chi connectivity index (χ3n) is 3.53. The van der Waals surface area contributed by atoms with E-state index >= 15 is 0 Å². The molecule has 0 saturated carbocycles. The lowest BCUT2D eigenvalue weighted by Crippen LogP contribution is -2.37. The molecule has 1 aliphatic heterocycles. The van der Waals surface area contributed by atoms with E-state index in [0.29, 0.717) is 5.69 Å². The van der Waals surface area contributed by atoms with Crippen LogP contribution in [0, 0.1) is 10.1 Å². The first-order chi connectivity index (χ1) is 9.00. The molecule has 1 heterocycles. The Morgan fingerprint density at radius 1 is 1.47 bits per heavy atom. The third-order valence-corrected chi connectivity index (χ3v) is 3.53. The van der Waals surface area contributed by atoms with E-state index in [1.807, 2.05) is 11.8 Å². The maximum atomic E-state index is 11.1. The number of benzene rings is 1. The predicted molar refractivity (Wildman–Crippen MR) is 70.7 cm³/mol. The number of nitro groups is 1. The molecule has 1 atom stereocenters. The fraction of sp³-hybridized carbons (Fsp3) is 0.462. The molecule has 0 amide bonds. The number of hydrogen-bond donors (Lipinski definition) is 1. The van der Waals surface area contributed by atoms with Crippen LogP contribution >= 0.6 is 0 Å². The number of hydrogen-bond acceptors (Lipinski definition) is 4. The second-order valence-electron chi connectivity index (χ2n) is 4.80. The average molecular weight is 264 g/mol. The number of carbonyl (C=O) groups is 1. The summed E-state index contributed by atoms with van der Waals surface area (Å²) in [6, 6.07) is 4.34. The highest BCUT2D eigenvalue weighted by atomic mass is 16.6. The van der Waals surface area contributed by atoms with Gasteiger partial charge in [-0.2, -0.15) is 0 Å². The van der Waals surface area contributed by atoms with Crippen LogP contribution in [0.4, 0.5) is 11.4 Å². The van der Waals surface area contributed by atoms with Crippen LogP contribution in [-0.2, 0) is 0 Å². The molecule has 1 aromatic carbocycles. The highest BCUT2D eigenvalue weighted by Gasteiger charge is 2.26. The van der Waals surface area contributed by atoms with E-state index in [0.717, 1.165) is 31.9 Å². The van der Waals surface area contributed by atoms with Crippen molar-refractivity contribution in [3.63, 3.8) is 0 Å². The fourth-order valence-corrected chi connectivity index (χ4v) is 2.50. The summed E-state index contributed by atoms with van der Waals surface area (Å²) in [6.07, 6.45) is 3.12. The molecule has 1 N–H and O–H groups in total. The molecule has 0 spiro atoms. The summed E-state index contributed by atoms with van der Waals surface area (Å²) in [7, 11) is 0. The molecule has 0 radical (unpaired) electrons. The Morgan fingerprint density at radius 3 is 2.79 bits per heavy atom. The van der Waals surface area contributed by atoms with Gasteiger partial charge in [0.25, 0.3) is 5.69 Å². The third kappa shape index (κ3) is 2.67. The maximum Gasteiger partial charge on any atom is 0.335 e. The number of carboxylic acid groups (broad SMARTS) is 1. The highest BCUT2D eigenvalue weighted by Crippen LogP contribution is 2.33. The second kappa shape index (κ2) is 5.26. The summed E-state index contributed by atoms with van der Waals surface area (Å²) >= 11 is 0. The number of aromatic carboxylic acids is 1. The van der Waals surface area contributed by atoms with Crippen LogP contribution in [0.25, 0.3) is 0 Å². The zero-order valence-electron chi connectivity index (χ0n) is 10.7. The lowest BCUT2D eigenvalue weighted by atomic mass is 10.0. The van der Waals surface area contributed by atoms with Gasteiger partial charge in [-0.3, -0.25) is 10.1 Å². The summed E-state index contributed by atoms with van der Waals surface area (Å²) in [5, 5.41) is 20.0. The summed E-state index contributed by atoms with van der Waals surface area (Å²) in [5.74, 6) is -1.15. The van der Waals surface area contributed by atoms with Crippen LogP contribution in [0.5, 0.6) is 0 Å². The van der Waals surface area contributed by atoms with Crippen LogP contribution in [0.15, 0.2) is 18.2 Å². The standard InChI is InChI=1S/C13H16N2O4/c1-9-4-2-3-7-14(9)11-6-5-10(13(16)17)8-12(11)15(18)19/h5-6,8-9H,2-4,7H2,1H3,(H,16,17)/t9-/m1/s1. The van der Waals surface area contributed by atoms with E-state index in [1.54, 1.807) is 6.07 Å². The quantitative estimate of drug-likeness (QED) is 0.670. The van der Waals surface area contributed by atoms with Crippen LogP contribution in [-0.4, -0.2) is 28.6 Å². The van der Waals surface area contributed by atoms with Gasteiger partial charge in [0.1, 0.15) is 5.69 Å². The zero-order chi connectivity index (χ0) is 14.0. The van der Waals surface area contributed by atoms with Gasteiger partial charge in [-0.05, 0) is 38.3 Å². The van der Waals surface area contributed by atoms with E-state index in [2.05, 4.69) is 0 Å². The maximum absolute atomic E-state index is 11.1. The minimum Gasteiger partial charge on any atom is -0.478 e. The van der Waals surface area contributed by atoms with Gasteiger partial charge in [0.15, 0.2) is 0 Å². The molecule has 1 saturated heterocycles. The first-order valence-electron chi connectivity index (χ1n) is 6.29. The van der Waals surface area contributed by atoms with Gasteiger partial charge in [-0.1, -0.05) is 0 Å². The minimum atomic E-state index is -1.15. The summed E-state index contributed by atoms with van der Waals surface area (Å²) in [4.78, 5) is 23.5. The van der Waals surface area contributed by atoms with Crippen LogP contribution in [0.1, 0.15) is 36.5 Å². The largest absolute Gasteiger partial charge is 0.478 e. The van der Waals surface area contributed by atoms with Gasteiger partial charge in [-0.25, -0.2) is 4.79 Å². The summed E-state index contributed by atoms with van der Waals surface area (Å²) < 4.78 is 0. The molecule has 0 aliphatic carbocycles. The summed E-state index contributed by atoms with van der Waals surface area (Å²) in [6.45, 7) is 2.81. The van der Waals surface area contributed by atoms with Crippen molar-refractivity contribution in [3.8, 4) is 0 Å². The van der Waals surface area contributed by atoms with Crippen molar-refractivity contribution in [1.29, 1.82) is 0 Å². The Kier molecular flexibility index (Phi) is 3.69. The number of rotatable bonds is 3. The topological polar surface area (TPSA) is 83.7 Å². The Balaban J connectivity index is 2.44. The number of anilines is 1. The van der Waals surface area contributed by atoms with Crippen molar-refractivity contribution in [2.75, 3.05) is 11.4 Å². The van der Waals surface area contributed by atoms with E-state index in [4.69, 9.17) is 5.11 Å². The minimum absolute atomic E-state index is 0.0555. The molecule has 19 heavy (non-hydrogen) atoms. The lowest BCUT2D eigenvalue weighted by Gasteiger charge is -2.35. The van der Waals surface area contributed by atoms with Crippen LogP contribution in [0.2, 0.25) is 0 Å². The number of piperidine rings is 1. The zero-order valence-corrected chi connectivity index (χ0v) is 10.7. The van der Waals surface area contributed by atoms with E-state index in [9.17, 15) is 14.9 Å². The van der Waals surface area contributed by atoms with Crippen molar-refractivity contribution < 1.29 is 14.8 Å².